The van der Waals surface area contributed by atoms with Gasteiger partial charge in [0.05, 0.1) is 28.3 Å². The van der Waals surface area contributed by atoms with Crippen LogP contribution < -0.4 is 4.74 Å². The third-order valence-electron chi connectivity index (χ3n) is 7.16. The molecule has 0 bridgehead atoms. The fraction of sp³-hybridized carbons (Fsp3) is 0.444. The van der Waals surface area contributed by atoms with E-state index < -0.39 is 0 Å². The normalized spacial score (nSPS) is 19.8. The third-order valence-corrected chi connectivity index (χ3v) is 7.89. The van der Waals surface area contributed by atoms with E-state index in [9.17, 15) is 9.59 Å². The zero-order chi connectivity index (χ0) is 26.4. The number of halogens is 2. The predicted molar refractivity (Wildman–Crippen MR) is 138 cm³/mol. The number of hydrogen-bond donors (Lipinski definition) is 0. The van der Waals surface area contributed by atoms with Crippen molar-refractivity contribution in [1.82, 2.24) is 14.8 Å². The van der Waals surface area contributed by atoms with Crippen LogP contribution in [0.3, 0.4) is 0 Å². The number of nitrogens with zero attached hydrogens (tertiary/aromatic N) is 5. The maximum Gasteiger partial charge on any atom is 0.236 e. The molecule has 0 N–H and O–H groups in total. The number of carbonyl (C=O) groups excluding carboxylic acids is 2. The molecule has 0 radical (unpaired) electrons. The summed E-state index contributed by atoms with van der Waals surface area (Å²) in [5, 5.41) is 18.7. The Morgan fingerprint density at radius 3 is 2.49 bits per heavy atom. The molecule has 1 aromatic carbocycles. The summed E-state index contributed by atoms with van der Waals surface area (Å²) in [5.74, 6) is 0.471. The number of likely N-dealkylation sites (tertiary alicyclic amines) is 2. The van der Waals surface area contributed by atoms with Gasteiger partial charge in [-0.15, -0.1) is 0 Å². The summed E-state index contributed by atoms with van der Waals surface area (Å²) in [6.07, 6.45) is 3.25. The Labute approximate surface area is 226 Å². The quantitative estimate of drug-likeness (QED) is 0.514. The van der Waals surface area contributed by atoms with Crippen LogP contribution >= 0.6 is 23.2 Å². The topological polar surface area (TPSA) is 110 Å². The number of rotatable bonds is 7. The molecular weight excluding hydrogens is 513 g/mol. The standard InChI is InChI=1S/C27H27Cl2N5O3/c28-23-3-2-20(13-24(23)29)22-17-34(27(36)19-6-10-33(11-7-19)26(35)5-9-30)16-21(22)8-12-37-25-4-1-18(14-31)15-32-25/h1-4,13,15,19,21-22H,5-8,10-12,16-17H2. The molecule has 0 aliphatic carbocycles. The molecule has 3 heterocycles. The maximum absolute atomic E-state index is 13.5. The number of benzene rings is 1. The van der Waals surface area contributed by atoms with Gasteiger partial charge in [0.25, 0.3) is 0 Å². The lowest BCUT2D eigenvalue weighted by Gasteiger charge is -2.33. The summed E-state index contributed by atoms with van der Waals surface area (Å²) < 4.78 is 5.83. The molecular formula is C27H27Cl2N5O3. The van der Waals surface area contributed by atoms with Crippen molar-refractivity contribution in [3.63, 3.8) is 0 Å². The van der Waals surface area contributed by atoms with Crippen LogP contribution in [-0.2, 0) is 9.59 Å². The van der Waals surface area contributed by atoms with Gasteiger partial charge >= 0.3 is 0 Å². The Balaban J connectivity index is 1.41. The Bertz CT molecular complexity index is 1220. The minimum Gasteiger partial charge on any atom is -0.478 e. The van der Waals surface area contributed by atoms with Gasteiger partial charge in [0, 0.05) is 50.3 Å². The second kappa shape index (κ2) is 12.3. The van der Waals surface area contributed by atoms with Gasteiger partial charge in [-0.2, -0.15) is 10.5 Å². The summed E-state index contributed by atoms with van der Waals surface area (Å²) in [7, 11) is 0. The van der Waals surface area contributed by atoms with E-state index in [2.05, 4.69) is 4.98 Å². The van der Waals surface area contributed by atoms with Crippen molar-refractivity contribution < 1.29 is 14.3 Å². The van der Waals surface area contributed by atoms with Crippen molar-refractivity contribution in [3.8, 4) is 18.0 Å². The Kier molecular flexibility index (Phi) is 8.87. The second-order valence-corrected chi connectivity index (χ2v) is 10.2. The fourth-order valence-electron chi connectivity index (χ4n) is 5.12. The minimum atomic E-state index is -0.175. The van der Waals surface area contributed by atoms with Gasteiger partial charge in [-0.05, 0) is 48.9 Å². The highest BCUT2D eigenvalue weighted by molar-refractivity contribution is 6.42. The summed E-state index contributed by atoms with van der Waals surface area (Å²) >= 11 is 12.5. The van der Waals surface area contributed by atoms with Gasteiger partial charge in [0.15, 0.2) is 0 Å². The zero-order valence-electron chi connectivity index (χ0n) is 20.3. The highest BCUT2D eigenvalue weighted by Gasteiger charge is 2.39. The van der Waals surface area contributed by atoms with E-state index in [1.165, 1.54) is 6.20 Å². The number of ether oxygens (including phenoxy) is 1. The molecule has 2 amide bonds. The molecule has 2 aromatic rings. The number of pyridine rings is 1. The van der Waals surface area contributed by atoms with Gasteiger partial charge in [-0.1, -0.05) is 29.3 Å². The van der Waals surface area contributed by atoms with Gasteiger partial charge < -0.3 is 14.5 Å². The molecule has 10 heteroatoms. The van der Waals surface area contributed by atoms with E-state index in [-0.39, 0.29) is 36.0 Å². The van der Waals surface area contributed by atoms with Crippen molar-refractivity contribution in [3.05, 3.63) is 57.7 Å². The molecule has 2 unspecified atom stereocenters. The summed E-state index contributed by atoms with van der Waals surface area (Å²) in [6.45, 7) is 2.58. The van der Waals surface area contributed by atoms with E-state index in [0.29, 0.717) is 73.5 Å². The first-order valence-corrected chi connectivity index (χ1v) is 13.0. The second-order valence-electron chi connectivity index (χ2n) is 9.41. The number of carbonyl (C=O) groups is 2. The Morgan fingerprint density at radius 2 is 1.84 bits per heavy atom. The summed E-state index contributed by atoms with van der Waals surface area (Å²) in [6, 6.07) is 12.9. The molecule has 192 valence electrons. The average Bonchev–Trinajstić information content (AvgIpc) is 3.34. The van der Waals surface area contributed by atoms with Crippen molar-refractivity contribution >= 4 is 35.0 Å². The molecule has 0 spiro atoms. The Morgan fingerprint density at radius 1 is 1.05 bits per heavy atom. The first-order valence-electron chi connectivity index (χ1n) is 12.3. The smallest absolute Gasteiger partial charge is 0.236 e. The predicted octanol–water partition coefficient (Wildman–Crippen LogP) is 4.42. The van der Waals surface area contributed by atoms with Crippen molar-refractivity contribution in [2.75, 3.05) is 32.8 Å². The third kappa shape index (κ3) is 6.52. The zero-order valence-corrected chi connectivity index (χ0v) is 21.8. The van der Waals surface area contributed by atoms with Gasteiger partial charge in [-0.3, -0.25) is 9.59 Å². The number of piperidine rings is 1. The highest BCUT2D eigenvalue weighted by Crippen LogP contribution is 2.38. The molecule has 2 saturated heterocycles. The van der Waals surface area contributed by atoms with Gasteiger partial charge in [0.1, 0.15) is 12.5 Å². The maximum atomic E-state index is 13.5. The van der Waals surface area contributed by atoms with Crippen LogP contribution in [0.25, 0.3) is 0 Å². The number of nitriles is 2. The number of hydrogen-bond acceptors (Lipinski definition) is 6. The minimum absolute atomic E-state index is 0.0773. The number of amides is 2. The molecule has 0 saturated carbocycles. The Hall–Kier alpha value is -3.33. The summed E-state index contributed by atoms with van der Waals surface area (Å²) in [4.78, 5) is 33.2. The first kappa shape index (κ1) is 26.7. The lowest BCUT2D eigenvalue weighted by atomic mass is 9.87. The van der Waals surface area contributed by atoms with Crippen LogP contribution in [0.15, 0.2) is 36.5 Å². The van der Waals surface area contributed by atoms with Crippen LogP contribution in [0.5, 0.6) is 5.88 Å². The largest absolute Gasteiger partial charge is 0.478 e. The average molecular weight is 540 g/mol. The van der Waals surface area contributed by atoms with Crippen molar-refractivity contribution in [1.29, 1.82) is 10.5 Å². The number of aromatic nitrogens is 1. The lowest BCUT2D eigenvalue weighted by Crippen LogP contribution is -2.43. The van der Waals surface area contributed by atoms with Gasteiger partial charge in [0.2, 0.25) is 17.7 Å². The van der Waals surface area contributed by atoms with Crippen LogP contribution in [0.2, 0.25) is 10.0 Å². The van der Waals surface area contributed by atoms with E-state index in [0.717, 1.165) is 5.56 Å². The van der Waals surface area contributed by atoms with Gasteiger partial charge in [-0.25, -0.2) is 4.98 Å². The molecule has 8 nitrogen and oxygen atoms in total. The first-order chi connectivity index (χ1) is 17.9. The van der Waals surface area contributed by atoms with E-state index in [1.807, 2.05) is 29.2 Å². The molecule has 2 aliphatic rings. The lowest BCUT2D eigenvalue weighted by molar-refractivity contribution is -0.139. The van der Waals surface area contributed by atoms with Crippen LogP contribution in [-0.4, -0.2) is 59.4 Å². The summed E-state index contributed by atoms with van der Waals surface area (Å²) in [5.41, 5.74) is 1.50. The van der Waals surface area contributed by atoms with E-state index in [4.69, 9.17) is 38.5 Å². The van der Waals surface area contributed by atoms with Crippen molar-refractivity contribution in [2.45, 2.75) is 31.6 Å². The molecule has 4 rings (SSSR count). The highest BCUT2D eigenvalue weighted by atomic mass is 35.5. The molecule has 2 atom stereocenters. The molecule has 1 aromatic heterocycles. The van der Waals surface area contributed by atoms with Crippen LogP contribution in [0.1, 0.15) is 42.7 Å². The molecule has 2 aliphatic heterocycles. The van der Waals surface area contributed by atoms with E-state index in [1.54, 1.807) is 23.1 Å². The monoisotopic (exact) mass is 539 g/mol. The van der Waals surface area contributed by atoms with Crippen LogP contribution in [0.4, 0.5) is 0 Å². The van der Waals surface area contributed by atoms with Crippen LogP contribution in [0, 0.1) is 34.5 Å². The molecule has 37 heavy (non-hydrogen) atoms. The SMILES string of the molecule is N#CCC(=O)N1CCC(C(=O)N2CC(CCOc3ccc(C#N)cn3)C(c3ccc(Cl)c(Cl)c3)C2)CC1. The van der Waals surface area contributed by atoms with E-state index >= 15 is 0 Å². The molecule has 2 fully saturated rings. The van der Waals surface area contributed by atoms with Crippen molar-refractivity contribution in [2.24, 2.45) is 11.8 Å². The fourth-order valence-corrected chi connectivity index (χ4v) is 5.43.